The van der Waals surface area contributed by atoms with Gasteiger partial charge in [0, 0.05) is 11.3 Å². The highest BCUT2D eigenvalue weighted by Gasteiger charge is 2.42. The fourth-order valence-corrected chi connectivity index (χ4v) is 3.58. The summed E-state index contributed by atoms with van der Waals surface area (Å²) in [6.45, 7) is 0. The van der Waals surface area contributed by atoms with Crippen LogP contribution in [0.25, 0.3) is 0 Å². The van der Waals surface area contributed by atoms with Crippen LogP contribution in [0, 0.1) is 11.8 Å². The molecule has 1 amide bonds. The summed E-state index contributed by atoms with van der Waals surface area (Å²) < 4.78 is 0. The summed E-state index contributed by atoms with van der Waals surface area (Å²) >= 11 is 0. The van der Waals surface area contributed by atoms with Crippen LogP contribution >= 0.6 is 0 Å². The van der Waals surface area contributed by atoms with E-state index in [0.717, 1.165) is 43.4 Å². The molecule has 3 aliphatic rings. The minimum absolute atomic E-state index is 0.0254. The smallest absolute Gasteiger partial charge is 0.235 e. The van der Waals surface area contributed by atoms with Gasteiger partial charge >= 0.3 is 0 Å². The third-order valence-electron chi connectivity index (χ3n) is 4.48. The van der Waals surface area contributed by atoms with Crippen LogP contribution in [0.3, 0.4) is 0 Å². The monoisotopic (exact) mass is 233 g/mol. The van der Waals surface area contributed by atoms with Crippen LogP contribution in [0.2, 0.25) is 0 Å². The van der Waals surface area contributed by atoms with Crippen LogP contribution in [-0.2, 0) is 9.59 Å². The number of rotatable bonds is 1. The van der Waals surface area contributed by atoms with Crippen LogP contribution < -0.4 is 5.32 Å². The molecule has 0 radical (unpaired) electrons. The highest BCUT2D eigenvalue weighted by Crippen LogP contribution is 2.37. The van der Waals surface area contributed by atoms with Gasteiger partial charge in [-0.2, -0.15) is 0 Å². The molecule has 0 aromatic rings. The maximum Gasteiger partial charge on any atom is 0.235 e. The zero-order valence-electron chi connectivity index (χ0n) is 10.1. The number of nitrogens with one attached hydrogen (secondary N) is 1. The minimum atomic E-state index is -0.368. The van der Waals surface area contributed by atoms with Crippen LogP contribution in [0.15, 0.2) is 11.3 Å². The molecular weight excluding hydrogens is 214 g/mol. The first-order chi connectivity index (χ1) is 8.27. The summed E-state index contributed by atoms with van der Waals surface area (Å²) in [5, 5.41) is 2.98. The van der Waals surface area contributed by atoms with Crippen molar-refractivity contribution in [2.24, 2.45) is 11.8 Å². The number of carbonyl (C=O) groups excluding carboxylic acids is 2. The van der Waals surface area contributed by atoms with Gasteiger partial charge in [0.05, 0.1) is 0 Å². The summed E-state index contributed by atoms with van der Waals surface area (Å²) in [6, 6.07) is 0. The van der Waals surface area contributed by atoms with Gasteiger partial charge in [-0.05, 0) is 38.0 Å². The maximum atomic E-state index is 12.4. The molecule has 2 aliphatic carbocycles. The quantitative estimate of drug-likeness (QED) is 0.706. The van der Waals surface area contributed by atoms with Gasteiger partial charge < -0.3 is 5.32 Å². The van der Waals surface area contributed by atoms with E-state index in [1.807, 2.05) is 0 Å². The zero-order chi connectivity index (χ0) is 11.8. The predicted octanol–water partition coefficient (Wildman–Crippen LogP) is 2.32. The van der Waals surface area contributed by atoms with Crippen LogP contribution in [-0.4, -0.2) is 11.7 Å². The van der Waals surface area contributed by atoms with Crippen molar-refractivity contribution in [2.45, 2.75) is 51.4 Å². The molecule has 0 aromatic heterocycles. The standard InChI is InChI=1S/C14H19NO2/c16-13-10-7-4-8-11(10)15-14(17)12(13)9-5-2-1-3-6-9/h9,12H,1-8H2,(H,15,17). The van der Waals surface area contributed by atoms with E-state index in [2.05, 4.69) is 5.32 Å². The average molecular weight is 233 g/mol. The van der Waals surface area contributed by atoms with Gasteiger partial charge in [0.15, 0.2) is 5.78 Å². The lowest BCUT2D eigenvalue weighted by Gasteiger charge is -2.31. The Balaban J connectivity index is 1.85. The van der Waals surface area contributed by atoms with Gasteiger partial charge in [-0.25, -0.2) is 0 Å². The second-order valence-electron chi connectivity index (χ2n) is 5.54. The lowest BCUT2D eigenvalue weighted by Crippen LogP contribution is -2.44. The molecule has 0 spiro atoms. The van der Waals surface area contributed by atoms with E-state index in [9.17, 15) is 9.59 Å². The van der Waals surface area contributed by atoms with E-state index in [-0.39, 0.29) is 17.6 Å². The molecule has 1 saturated carbocycles. The Morgan fingerprint density at radius 2 is 1.71 bits per heavy atom. The Morgan fingerprint density at radius 3 is 2.47 bits per heavy atom. The SMILES string of the molecule is O=C1NC2=C(CCC2)C(=O)C1C1CCCCC1. The summed E-state index contributed by atoms with van der Waals surface area (Å²) in [4.78, 5) is 24.5. The fraction of sp³-hybridized carbons (Fsp3) is 0.714. The summed E-state index contributed by atoms with van der Waals surface area (Å²) in [5.41, 5.74) is 1.85. The molecule has 1 atom stereocenters. The molecule has 1 unspecified atom stereocenters. The van der Waals surface area contributed by atoms with Crippen molar-refractivity contribution in [3.63, 3.8) is 0 Å². The summed E-state index contributed by atoms with van der Waals surface area (Å²) in [5.74, 6) is 0.0498. The van der Waals surface area contributed by atoms with Crippen molar-refractivity contribution >= 4 is 11.7 Å². The Morgan fingerprint density at radius 1 is 0.941 bits per heavy atom. The van der Waals surface area contributed by atoms with Gasteiger partial charge in [-0.15, -0.1) is 0 Å². The van der Waals surface area contributed by atoms with Crippen LogP contribution in [0.5, 0.6) is 0 Å². The highest BCUT2D eigenvalue weighted by atomic mass is 16.2. The van der Waals surface area contributed by atoms with E-state index in [1.165, 1.54) is 19.3 Å². The Kier molecular flexibility index (Phi) is 2.77. The summed E-state index contributed by atoms with van der Waals surface area (Å²) in [7, 11) is 0. The van der Waals surface area contributed by atoms with Crippen LogP contribution in [0.1, 0.15) is 51.4 Å². The van der Waals surface area contributed by atoms with Crippen molar-refractivity contribution in [1.82, 2.24) is 5.32 Å². The first kappa shape index (κ1) is 11.0. The molecule has 17 heavy (non-hydrogen) atoms. The number of hydrogen-bond donors (Lipinski definition) is 1. The van der Waals surface area contributed by atoms with Gasteiger partial charge in [0.2, 0.25) is 5.91 Å². The van der Waals surface area contributed by atoms with E-state index in [4.69, 9.17) is 0 Å². The predicted molar refractivity (Wildman–Crippen MR) is 64.1 cm³/mol. The average Bonchev–Trinajstić information content (AvgIpc) is 2.78. The molecular formula is C14H19NO2. The molecule has 1 heterocycles. The lowest BCUT2D eigenvalue weighted by atomic mass is 9.75. The van der Waals surface area contributed by atoms with Gasteiger partial charge in [0.1, 0.15) is 5.92 Å². The van der Waals surface area contributed by atoms with E-state index in [1.54, 1.807) is 0 Å². The van der Waals surface area contributed by atoms with Crippen molar-refractivity contribution in [3.05, 3.63) is 11.3 Å². The van der Waals surface area contributed by atoms with Gasteiger partial charge in [-0.1, -0.05) is 19.3 Å². The number of hydrogen-bond acceptors (Lipinski definition) is 2. The topological polar surface area (TPSA) is 46.2 Å². The molecule has 3 heteroatoms. The Hall–Kier alpha value is -1.12. The molecule has 92 valence electrons. The second kappa shape index (κ2) is 4.28. The van der Waals surface area contributed by atoms with Crippen molar-refractivity contribution < 1.29 is 9.59 Å². The first-order valence-corrected chi connectivity index (χ1v) is 6.84. The van der Waals surface area contributed by atoms with E-state index < -0.39 is 0 Å². The number of Topliss-reactive ketones (excluding diaryl/α,β-unsaturated/α-hetero) is 1. The van der Waals surface area contributed by atoms with Crippen molar-refractivity contribution in [2.75, 3.05) is 0 Å². The largest absolute Gasteiger partial charge is 0.329 e. The molecule has 1 fully saturated rings. The van der Waals surface area contributed by atoms with Crippen molar-refractivity contribution in [3.8, 4) is 0 Å². The van der Waals surface area contributed by atoms with E-state index >= 15 is 0 Å². The molecule has 0 saturated heterocycles. The molecule has 1 aliphatic heterocycles. The third-order valence-corrected chi connectivity index (χ3v) is 4.48. The third kappa shape index (κ3) is 1.81. The first-order valence-electron chi connectivity index (χ1n) is 6.84. The zero-order valence-corrected chi connectivity index (χ0v) is 10.1. The Labute approximate surface area is 102 Å². The van der Waals surface area contributed by atoms with E-state index in [0.29, 0.717) is 5.92 Å². The summed E-state index contributed by atoms with van der Waals surface area (Å²) in [6.07, 6.45) is 8.48. The molecule has 3 nitrogen and oxygen atoms in total. The second-order valence-corrected chi connectivity index (χ2v) is 5.54. The number of carbonyl (C=O) groups is 2. The minimum Gasteiger partial charge on any atom is -0.329 e. The van der Waals surface area contributed by atoms with Gasteiger partial charge in [-0.3, -0.25) is 9.59 Å². The number of amides is 1. The molecule has 1 N–H and O–H groups in total. The lowest BCUT2D eigenvalue weighted by molar-refractivity contribution is -0.135. The number of allylic oxidation sites excluding steroid dienone is 2. The molecule has 0 bridgehead atoms. The van der Waals surface area contributed by atoms with Gasteiger partial charge in [0.25, 0.3) is 0 Å². The molecule has 0 aromatic carbocycles. The molecule has 3 rings (SSSR count). The maximum absolute atomic E-state index is 12.4. The fourth-order valence-electron chi connectivity index (χ4n) is 3.58. The number of ketones is 1. The Bertz CT molecular complexity index is 391. The van der Waals surface area contributed by atoms with Crippen LogP contribution in [0.4, 0.5) is 0 Å². The van der Waals surface area contributed by atoms with Crippen molar-refractivity contribution in [1.29, 1.82) is 0 Å². The normalized spacial score (nSPS) is 30.5. The highest BCUT2D eigenvalue weighted by molar-refractivity contribution is 6.13.